The number of hydrogen-bond donors (Lipinski definition) is 2. The van der Waals surface area contributed by atoms with Crippen LogP contribution in [0.1, 0.15) is 40.1 Å². The number of hydrogen-bond acceptors (Lipinski definition) is 5. The lowest BCUT2D eigenvalue weighted by molar-refractivity contribution is 0.102. The Morgan fingerprint density at radius 2 is 1.97 bits per heavy atom. The van der Waals surface area contributed by atoms with Gasteiger partial charge in [0.15, 0.2) is 0 Å². The molecular formula is C20H21N7O2. The SMILES string of the molecule is CCc1c(C)nc(-n2nc(C)cc2NC(=O)c2c(C)nc3ccccn23)[nH]c1=O. The second kappa shape index (κ2) is 7.01. The van der Waals surface area contributed by atoms with Crippen molar-refractivity contribution in [3.05, 3.63) is 69.2 Å². The average molecular weight is 391 g/mol. The number of aromatic nitrogens is 6. The van der Waals surface area contributed by atoms with E-state index in [0.717, 1.165) is 0 Å². The van der Waals surface area contributed by atoms with Crippen molar-refractivity contribution >= 4 is 17.4 Å². The van der Waals surface area contributed by atoms with E-state index in [1.807, 2.05) is 25.1 Å². The minimum atomic E-state index is -0.327. The standard InChI is InChI=1S/C20H21N7O2/c1-5-14-12(3)22-20(24-18(14)28)27-16(10-11(2)25-27)23-19(29)17-13(4)21-15-8-6-7-9-26(15)17/h6-10H,5H2,1-4H3,(H,23,29)(H,22,24,28). The number of aromatic amines is 1. The van der Waals surface area contributed by atoms with Gasteiger partial charge in [-0.05, 0) is 39.3 Å². The van der Waals surface area contributed by atoms with E-state index in [1.54, 1.807) is 37.4 Å². The molecular weight excluding hydrogens is 370 g/mol. The van der Waals surface area contributed by atoms with Crippen molar-refractivity contribution in [3.8, 4) is 5.95 Å². The quantitative estimate of drug-likeness (QED) is 0.555. The highest BCUT2D eigenvalue weighted by Crippen LogP contribution is 2.18. The molecule has 0 saturated heterocycles. The molecule has 1 amide bonds. The largest absolute Gasteiger partial charge is 0.305 e. The third-order valence-electron chi connectivity index (χ3n) is 4.76. The number of amides is 1. The molecule has 2 N–H and O–H groups in total. The lowest BCUT2D eigenvalue weighted by Crippen LogP contribution is -2.22. The number of nitrogens with zero attached hydrogens (tertiary/aromatic N) is 5. The molecule has 0 aromatic carbocycles. The second-order valence-electron chi connectivity index (χ2n) is 6.82. The molecule has 0 radical (unpaired) electrons. The van der Waals surface area contributed by atoms with Crippen LogP contribution in [-0.4, -0.2) is 35.0 Å². The summed E-state index contributed by atoms with van der Waals surface area (Å²) >= 11 is 0. The average Bonchev–Trinajstić information content (AvgIpc) is 3.19. The molecule has 0 spiro atoms. The molecule has 0 atom stereocenters. The summed E-state index contributed by atoms with van der Waals surface area (Å²) < 4.78 is 3.16. The predicted octanol–water partition coefficient (Wildman–Crippen LogP) is 2.34. The molecule has 0 bridgehead atoms. The molecule has 0 fully saturated rings. The van der Waals surface area contributed by atoms with Crippen molar-refractivity contribution in [2.75, 3.05) is 5.32 Å². The van der Waals surface area contributed by atoms with Crippen LogP contribution in [0.3, 0.4) is 0 Å². The van der Waals surface area contributed by atoms with Gasteiger partial charge in [0.25, 0.3) is 11.5 Å². The first-order valence-corrected chi connectivity index (χ1v) is 9.31. The summed E-state index contributed by atoms with van der Waals surface area (Å²) in [4.78, 5) is 37.0. The molecule has 0 unspecified atom stereocenters. The number of imidazole rings is 1. The van der Waals surface area contributed by atoms with Crippen LogP contribution >= 0.6 is 0 Å². The van der Waals surface area contributed by atoms with E-state index in [0.29, 0.717) is 46.2 Å². The molecule has 4 rings (SSSR count). The second-order valence-corrected chi connectivity index (χ2v) is 6.82. The molecule has 9 nitrogen and oxygen atoms in total. The molecule has 29 heavy (non-hydrogen) atoms. The molecule has 4 aromatic rings. The van der Waals surface area contributed by atoms with Crippen LogP contribution in [0.2, 0.25) is 0 Å². The van der Waals surface area contributed by atoms with Crippen molar-refractivity contribution in [2.24, 2.45) is 0 Å². The van der Waals surface area contributed by atoms with Crippen LogP contribution < -0.4 is 10.9 Å². The van der Waals surface area contributed by atoms with E-state index in [2.05, 4.69) is 25.4 Å². The van der Waals surface area contributed by atoms with Gasteiger partial charge in [0.1, 0.15) is 17.2 Å². The zero-order valence-corrected chi connectivity index (χ0v) is 16.6. The molecule has 4 aromatic heterocycles. The monoisotopic (exact) mass is 391 g/mol. The van der Waals surface area contributed by atoms with Crippen molar-refractivity contribution in [3.63, 3.8) is 0 Å². The number of carbonyl (C=O) groups is 1. The fourth-order valence-corrected chi connectivity index (χ4v) is 3.42. The first-order chi connectivity index (χ1) is 13.9. The number of fused-ring (bicyclic) bond motifs is 1. The van der Waals surface area contributed by atoms with Crippen molar-refractivity contribution in [1.82, 2.24) is 29.1 Å². The first-order valence-electron chi connectivity index (χ1n) is 9.31. The van der Waals surface area contributed by atoms with Gasteiger partial charge in [-0.1, -0.05) is 13.0 Å². The van der Waals surface area contributed by atoms with E-state index < -0.39 is 0 Å². The Balaban J connectivity index is 1.75. The molecule has 0 saturated carbocycles. The number of pyridine rings is 1. The highest BCUT2D eigenvalue weighted by Gasteiger charge is 2.20. The smallest absolute Gasteiger partial charge is 0.275 e. The van der Waals surface area contributed by atoms with Gasteiger partial charge in [-0.2, -0.15) is 9.78 Å². The molecule has 9 heteroatoms. The van der Waals surface area contributed by atoms with Gasteiger partial charge in [-0.15, -0.1) is 0 Å². The predicted molar refractivity (Wildman–Crippen MR) is 109 cm³/mol. The minimum Gasteiger partial charge on any atom is -0.305 e. The maximum atomic E-state index is 13.0. The lowest BCUT2D eigenvalue weighted by Gasteiger charge is -2.10. The van der Waals surface area contributed by atoms with Gasteiger partial charge in [0, 0.05) is 23.5 Å². The Hall–Kier alpha value is -3.75. The third kappa shape index (κ3) is 3.20. The summed E-state index contributed by atoms with van der Waals surface area (Å²) in [6.07, 6.45) is 2.38. The Kier molecular flexibility index (Phi) is 4.50. The minimum absolute atomic E-state index is 0.210. The van der Waals surface area contributed by atoms with Crippen LogP contribution in [0.15, 0.2) is 35.3 Å². The van der Waals surface area contributed by atoms with Gasteiger partial charge in [-0.3, -0.25) is 19.0 Å². The van der Waals surface area contributed by atoms with Crippen LogP contribution in [0, 0.1) is 20.8 Å². The molecule has 148 valence electrons. The topological polar surface area (TPSA) is 110 Å². The number of anilines is 1. The maximum absolute atomic E-state index is 13.0. The fraction of sp³-hybridized carbons (Fsp3) is 0.250. The highest BCUT2D eigenvalue weighted by molar-refractivity contribution is 6.04. The van der Waals surface area contributed by atoms with Gasteiger partial charge in [-0.25, -0.2) is 9.97 Å². The van der Waals surface area contributed by atoms with E-state index in [9.17, 15) is 9.59 Å². The number of rotatable bonds is 4. The first kappa shape index (κ1) is 18.6. The van der Waals surface area contributed by atoms with Gasteiger partial charge in [0.2, 0.25) is 5.95 Å². The summed E-state index contributed by atoms with van der Waals surface area (Å²) in [5.74, 6) is 0.333. The van der Waals surface area contributed by atoms with Crippen LogP contribution in [0.5, 0.6) is 0 Å². The van der Waals surface area contributed by atoms with Crippen molar-refractivity contribution < 1.29 is 4.79 Å². The highest BCUT2D eigenvalue weighted by atomic mass is 16.2. The normalized spacial score (nSPS) is 11.2. The van der Waals surface area contributed by atoms with Crippen molar-refractivity contribution in [1.29, 1.82) is 0 Å². The molecule has 0 aliphatic carbocycles. The van der Waals surface area contributed by atoms with Crippen LogP contribution in [0.25, 0.3) is 11.6 Å². The van der Waals surface area contributed by atoms with E-state index >= 15 is 0 Å². The Bertz CT molecular complexity index is 1300. The summed E-state index contributed by atoms with van der Waals surface area (Å²) in [6.45, 7) is 7.28. The van der Waals surface area contributed by atoms with E-state index in [1.165, 1.54) is 4.68 Å². The molecule has 0 aliphatic heterocycles. The van der Waals surface area contributed by atoms with Crippen LogP contribution in [0.4, 0.5) is 5.82 Å². The summed E-state index contributed by atoms with van der Waals surface area (Å²) in [5.41, 5.74) is 3.47. The van der Waals surface area contributed by atoms with Gasteiger partial charge < -0.3 is 5.32 Å². The Labute approximate surface area is 166 Å². The Morgan fingerprint density at radius 3 is 2.69 bits per heavy atom. The van der Waals surface area contributed by atoms with E-state index in [4.69, 9.17) is 0 Å². The zero-order valence-electron chi connectivity index (χ0n) is 16.6. The van der Waals surface area contributed by atoms with Gasteiger partial charge in [0.05, 0.1) is 11.4 Å². The van der Waals surface area contributed by atoms with Crippen LogP contribution in [-0.2, 0) is 6.42 Å². The van der Waals surface area contributed by atoms with Gasteiger partial charge >= 0.3 is 0 Å². The van der Waals surface area contributed by atoms with E-state index in [-0.39, 0.29) is 17.4 Å². The van der Waals surface area contributed by atoms with Crippen molar-refractivity contribution in [2.45, 2.75) is 34.1 Å². The fourth-order valence-electron chi connectivity index (χ4n) is 3.42. The molecule has 4 heterocycles. The number of H-pyrrole nitrogens is 1. The summed E-state index contributed by atoms with van der Waals surface area (Å²) in [7, 11) is 0. The third-order valence-corrected chi connectivity index (χ3v) is 4.76. The maximum Gasteiger partial charge on any atom is 0.275 e. The summed E-state index contributed by atoms with van der Waals surface area (Å²) in [6, 6.07) is 7.27. The molecule has 0 aliphatic rings. The number of aryl methyl sites for hydroxylation is 3. The number of nitrogens with one attached hydrogen (secondary N) is 2. The zero-order chi connectivity index (χ0) is 20.7. The number of carbonyl (C=O) groups excluding carboxylic acids is 1. The summed E-state index contributed by atoms with van der Waals surface area (Å²) in [5, 5.41) is 7.26. The lowest BCUT2D eigenvalue weighted by atomic mass is 10.2. The Morgan fingerprint density at radius 1 is 1.17 bits per heavy atom.